The van der Waals surface area contributed by atoms with E-state index in [1.807, 2.05) is 20.8 Å². The number of hydrogen-bond donors (Lipinski definition) is 2. The summed E-state index contributed by atoms with van der Waals surface area (Å²) >= 11 is 6.05. The van der Waals surface area contributed by atoms with Crippen molar-refractivity contribution in [1.29, 1.82) is 0 Å². The van der Waals surface area contributed by atoms with Crippen LogP contribution in [-0.4, -0.2) is 64.8 Å². The average molecular weight is 425 g/mol. The molecule has 2 heterocycles. The summed E-state index contributed by atoms with van der Waals surface area (Å²) in [5.41, 5.74) is 2.65. The minimum Gasteiger partial charge on any atom is -0.739 e. The highest BCUT2D eigenvalue weighted by atomic mass is 35.5. The number of likely N-dealkylation sites (tertiary alicyclic amines) is 1. The Balaban J connectivity index is 1.61. The normalized spacial score (nSPS) is 18.4. The zero-order valence-electron chi connectivity index (χ0n) is 16.9. The van der Waals surface area contributed by atoms with Gasteiger partial charge in [0.2, 0.25) is 0 Å². The fourth-order valence-electron chi connectivity index (χ4n) is 4.06. The maximum Gasteiger partial charge on any atom is 0.407 e. The molecular formula is C19H27ClN5O4-. The van der Waals surface area contributed by atoms with Crippen LogP contribution < -0.4 is 15.5 Å². The van der Waals surface area contributed by atoms with Crippen molar-refractivity contribution in [1.82, 2.24) is 15.2 Å². The summed E-state index contributed by atoms with van der Waals surface area (Å²) in [7, 11) is 0. The Morgan fingerprint density at radius 3 is 2.52 bits per heavy atom. The van der Waals surface area contributed by atoms with E-state index in [2.05, 4.69) is 10.3 Å². The van der Waals surface area contributed by atoms with Crippen LogP contribution >= 0.6 is 11.6 Å². The van der Waals surface area contributed by atoms with Gasteiger partial charge in [0.05, 0.1) is 11.4 Å². The summed E-state index contributed by atoms with van der Waals surface area (Å²) in [5.74, 6) is 0. The van der Waals surface area contributed by atoms with Gasteiger partial charge in [-0.05, 0) is 51.8 Å². The Hall–Kier alpha value is -2.23. The third-order valence-electron chi connectivity index (χ3n) is 5.38. The number of amides is 3. The molecule has 3 amide bonds. The molecule has 160 valence electrons. The van der Waals surface area contributed by atoms with Crippen molar-refractivity contribution in [2.24, 2.45) is 0 Å². The molecule has 1 saturated heterocycles. The highest BCUT2D eigenvalue weighted by molar-refractivity contribution is 6.31. The lowest BCUT2D eigenvalue weighted by Crippen LogP contribution is -2.56. The molecule has 0 saturated carbocycles. The van der Waals surface area contributed by atoms with Crippen LogP contribution in [0.25, 0.3) is 0 Å². The third-order valence-corrected chi connectivity index (χ3v) is 5.62. The van der Waals surface area contributed by atoms with Crippen molar-refractivity contribution in [3.63, 3.8) is 0 Å². The van der Waals surface area contributed by atoms with Crippen molar-refractivity contribution in [2.75, 3.05) is 36.3 Å². The van der Waals surface area contributed by atoms with Crippen molar-refractivity contribution in [3.8, 4) is 0 Å². The van der Waals surface area contributed by atoms with Gasteiger partial charge in [0, 0.05) is 42.8 Å². The number of urea groups is 1. The number of carbonyl (C=O) groups excluding carboxylic acids is 1. The lowest BCUT2D eigenvalue weighted by Gasteiger charge is -2.44. The van der Waals surface area contributed by atoms with Gasteiger partial charge in [0.25, 0.3) is 0 Å². The van der Waals surface area contributed by atoms with Crippen LogP contribution in [0.4, 0.5) is 21.0 Å². The van der Waals surface area contributed by atoms with E-state index in [-0.39, 0.29) is 6.04 Å². The van der Waals surface area contributed by atoms with Crippen molar-refractivity contribution >= 4 is 35.1 Å². The topological polar surface area (TPSA) is 102 Å². The first-order valence-electron chi connectivity index (χ1n) is 9.67. The second-order valence-corrected chi connectivity index (χ2v) is 8.83. The summed E-state index contributed by atoms with van der Waals surface area (Å²) in [6.45, 7) is 8.23. The maximum absolute atomic E-state index is 12.3. The Bertz CT molecular complexity index is 776. The van der Waals surface area contributed by atoms with Gasteiger partial charge in [-0.1, -0.05) is 11.6 Å². The van der Waals surface area contributed by atoms with E-state index in [1.54, 1.807) is 23.1 Å². The molecular weight excluding hydrogens is 398 g/mol. The van der Waals surface area contributed by atoms with Crippen LogP contribution in [0.15, 0.2) is 18.2 Å². The van der Waals surface area contributed by atoms with Crippen LogP contribution in [0.1, 0.15) is 33.6 Å². The SMILES string of the molecule is CC(C)(C)N(C(=O)O)C1CCN(CCN2C(=O)NN([O-])c3ccc(Cl)cc32)CC1. The number of anilines is 2. The number of fused-ring (bicyclic) bond motifs is 1. The van der Waals surface area contributed by atoms with Gasteiger partial charge in [-0.2, -0.15) is 0 Å². The number of nitrogens with zero attached hydrogens (tertiary/aromatic N) is 4. The molecule has 2 aliphatic heterocycles. The molecule has 0 aliphatic carbocycles. The standard InChI is InChI=1S/C19H27ClN5O4/c1-19(2,3)24(18(27)28)14-6-8-22(9-7-14)10-11-23-16-12-13(20)4-5-15(16)25(29)21-17(23)26/h4-5,12,14H,6-11H2,1-3H3,(H,21,26)(H,27,28)/q-1. The predicted octanol–water partition coefficient (Wildman–Crippen LogP) is 3.33. The summed E-state index contributed by atoms with van der Waals surface area (Å²) in [6.07, 6.45) is 0.593. The van der Waals surface area contributed by atoms with Gasteiger partial charge in [-0.15, -0.1) is 0 Å². The molecule has 2 aliphatic rings. The number of carbonyl (C=O) groups is 2. The van der Waals surface area contributed by atoms with E-state index in [0.717, 1.165) is 25.9 Å². The molecule has 0 bridgehead atoms. The Kier molecular flexibility index (Phi) is 6.11. The molecule has 1 aromatic carbocycles. The second kappa shape index (κ2) is 8.25. The molecule has 29 heavy (non-hydrogen) atoms. The van der Waals surface area contributed by atoms with E-state index in [1.165, 1.54) is 4.90 Å². The molecule has 10 heteroatoms. The van der Waals surface area contributed by atoms with Crippen molar-refractivity contribution in [3.05, 3.63) is 28.4 Å². The number of piperidine rings is 1. The number of carboxylic acid groups (broad SMARTS) is 1. The fraction of sp³-hybridized carbons (Fsp3) is 0.579. The van der Waals surface area contributed by atoms with Gasteiger partial charge in [-0.3, -0.25) is 10.3 Å². The Morgan fingerprint density at radius 2 is 1.93 bits per heavy atom. The van der Waals surface area contributed by atoms with E-state index in [4.69, 9.17) is 11.6 Å². The highest BCUT2D eigenvalue weighted by Gasteiger charge is 2.35. The molecule has 9 nitrogen and oxygen atoms in total. The summed E-state index contributed by atoms with van der Waals surface area (Å²) < 4.78 is 0. The summed E-state index contributed by atoms with van der Waals surface area (Å²) in [4.78, 5) is 29.3. The molecule has 2 N–H and O–H groups in total. The average Bonchev–Trinajstić information content (AvgIpc) is 2.61. The van der Waals surface area contributed by atoms with Crippen LogP contribution in [-0.2, 0) is 0 Å². The predicted molar refractivity (Wildman–Crippen MR) is 112 cm³/mol. The summed E-state index contributed by atoms with van der Waals surface area (Å²) in [6, 6.07) is 4.29. The number of rotatable bonds is 4. The van der Waals surface area contributed by atoms with Crippen LogP contribution in [0.2, 0.25) is 5.02 Å². The first kappa shape index (κ1) is 21.5. The van der Waals surface area contributed by atoms with Gasteiger partial charge in [-0.25, -0.2) is 9.59 Å². The Morgan fingerprint density at radius 1 is 1.28 bits per heavy atom. The van der Waals surface area contributed by atoms with Crippen molar-refractivity contribution < 1.29 is 14.7 Å². The van der Waals surface area contributed by atoms with E-state index >= 15 is 0 Å². The minimum atomic E-state index is -0.892. The minimum absolute atomic E-state index is 0.0180. The van der Waals surface area contributed by atoms with E-state index in [0.29, 0.717) is 34.7 Å². The number of nitrogens with one attached hydrogen (secondary N) is 1. The quantitative estimate of drug-likeness (QED) is 0.768. The smallest absolute Gasteiger partial charge is 0.407 e. The van der Waals surface area contributed by atoms with Crippen molar-refractivity contribution in [2.45, 2.75) is 45.2 Å². The lowest BCUT2D eigenvalue weighted by atomic mass is 9.97. The molecule has 0 unspecified atom stereocenters. The zero-order chi connectivity index (χ0) is 21.3. The number of benzene rings is 1. The highest BCUT2D eigenvalue weighted by Crippen LogP contribution is 2.34. The third kappa shape index (κ3) is 4.68. The monoisotopic (exact) mass is 424 g/mol. The zero-order valence-corrected chi connectivity index (χ0v) is 17.6. The van der Waals surface area contributed by atoms with Gasteiger partial charge in [0.15, 0.2) is 0 Å². The molecule has 0 aromatic heterocycles. The Labute approximate surface area is 175 Å². The van der Waals surface area contributed by atoms with Crippen LogP contribution in [0, 0.1) is 5.21 Å². The first-order chi connectivity index (χ1) is 13.6. The van der Waals surface area contributed by atoms with E-state index < -0.39 is 17.7 Å². The summed E-state index contributed by atoms with van der Waals surface area (Å²) in [5, 5.41) is 22.4. The van der Waals surface area contributed by atoms with Gasteiger partial charge < -0.3 is 25.3 Å². The molecule has 1 aromatic rings. The lowest BCUT2D eigenvalue weighted by molar-refractivity contribution is 0.0427. The van der Waals surface area contributed by atoms with E-state index in [9.17, 15) is 19.9 Å². The number of halogens is 1. The largest absolute Gasteiger partial charge is 0.739 e. The molecule has 3 rings (SSSR count). The molecule has 0 radical (unpaired) electrons. The van der Waals surface area contributed by atoms with Gasteiger partial charge in [0.1, 0.15) is 0 Å². The van der Waals surface area contributed by atoms with Crippen LogP contribution in [0.5, 0.6) is 0 Å². The maximum atomic E-state index is 12.3. The van der Waals surface area contributed by atoms with Gasteiger partial charge >= 0.3 is 12.1 Å². The molecule has 0 spiro atoms. The molecule has 0 atom stereocenters. The first-order valence-corrected chi connectivity index (χ1v) is 10.1. The fourth-order valence-corrected chi connectivity index (χ4v) is 4.22. The van der Waals surface area contributed by atoms with Crippen LogP contribution in [0.3, 0.4) is 0 Å². The second-order valence-electron chi connectivity index (χ2n) is 8.39. The number of hydrazine groups is 1. The number of hydrogen-bond acceptors (Lipinski definition) is 5. The molecule has 1 fully saturated rings.